The summed E-state index contributed by atoms with van der Waals surface area (Å²) in [6.45, 7) is 2.66. The van der Waals surface area contributed by atoms with Gasteiger partial charge in [-0.1, -0.05) is 0 Å². The molecule has 4 nitrogen and oxygen atoms in total. The van der Waals surface area contributed by atoms with Crippen LogP contribution >= 0.6 is 0 Å². The Bertz CT molecular complexity index is 338. The standard InChI is InChI=1S/C12H18N2O2/c1-8-11(15)13-7-3-6-10(13)12(16)14(8)9-4-2-5-9/h8-10H,2-7H2,1H3. The number of nitrogens with zero attached hydrogens (tertiary/aromatic N) is 2. The minimum atomic E-state index is -0.229. The van der Waals surface area contributed by atoms with Crippen LogP contribution in [0.2, 0.25) is 0 Å². The van der Waals surface area contributed by atoms with Crippen LogP contribution < -0.4 is 0 Å². The van der Waals surface area contributed by atoms with Gasteiger partial charge in [0, 0.05) is 12.6 Å². The fraction of sp³-hybridized carbons (Fsp3) is 0.833. The quantitative estimate of drug-likeness (QED) is 0.657. The van der Waals surface area contributed by atoms with Crippen molar-refractivity contribution in [1.29, 1.82) is 0 Å². The third kappa shape index (κ3) is 1.22. The van der Waals surface area contributed by atoms with E-state index < -0.39 is 0 Å². The van der Waals surface area contributed by atoms with Crippen LogP contribution in [0.25, 0.3) is 0 Å². The number of fused-ring (bicyclic) bond motifs is 1. The maximum atomic E-state index is 12.3. The SMILES string of the molecule is CC1C(=O)N2CCCC2C(=O)N1C1CCC1. The summed E-state index contributed by atoms with van der Waals surface area (Å²) in [5, 5.41) is 0. The first-order chi connectivity index (χ1) is 7.70. The first-order valence-electron chi connectivity index (χ1n) is 6.33. The number of hydrogen-bond donors (Lipinski definition) is 0. The van der Waals surface area contributed by atoms with E-state index >= 15 is 0 Å². The molecule has 0 aromatic rings. The van der Waals surface area contributed by atoms with Gasteiger partial charge in [-0.05, 0) is 39.0 Å². The van der Waals surface area contributed by atoms with Gasteiger partial charge in [-0.25, -0.2) is 0 Å². The van der Waals surface area contributed by atoms with Gasteiger partial charge in [0.05, 0.1) is 0 Å². The van der Waals surface area contributed by atoms with E-state index in [1.165, 1.54) is 6.42 Å². The van der Waals surface area contributed by atoms with Gasteiger partial charge in [-0.3, -0.25) is 9.59 Å². The Morgan fingerprint density at radius 1 is 1.06 bits per heavy atom. The number of carbonyl (C=O) groups is 2. The van der Waals surface area contributed by atoms with Gasteiger partial charge in [-0.15, -0.1) is 0 Å². The molecule has 88 valence electrons. The normalized spacial score (nSPS) is 35.3. The molecule has 0 bridgehead atoms. The van der Waals surface area contributed by atoms with Crippen LogP contribution in [0.15, 0.2) is 0 Å². The van der Waals surface area contributed by atoms with Gasteiger partial charge in [-0.2, -0.15) is 0 Å². The Hall–Kier alpha value is -1.06. The van der Waals surface area contributed by atoms with Gasteiger partial charge in [0.15, 0.2) is 0 Å². The Morgan fingerprint density at radius 2 is 1.81 bits per heavy atom. The summed E-state index contributed by atoms with van der Waals surface area (Å²) < 4.78 is 0. The maximum absolute atomic E-state index is 12.3. The summed E-state index contributed by atoms with van der Waals surface area (Å²) in [4.78, 5) is 28.1. The first-order valence-corrected chi connectivity index (χ1v) is 6.33. The molecule has 1 saturated carbocycles. The van der Waals surface area contributed by atoms with Crippen molar-refractivity contribution in [3.63, 3.8) is 0 Å². The van der Waals surface area contributed by atoms with Crippen LogP contribution in [-0.4, -0.2) is 46.3 Å². The molecule has 2 atom stereocenters. The van der Waals surface area contributed by atoms with Crippen LogP contribution in [0.5, 0.6) is 0 Å². The molecule has 3 rings (SSSR count). The molecule has 0 aromatic heterocycles. The largest absolute Gasteiger partial charge is 0.329 e. The number of amides is 2. The second-order valence-electron chi connectivity index (χ2n) is 5.20. The summed E-state index contributed by atoms with van der Waals surface area (Å²) in [7, 11) is 0. The van der Waals surface area contributed by atoms with Crippen molar-refractivity contribution in [3.8, 4) is 0 Å². The average Bonchev–Trinajstić information content (AvgIpc) is 2.67. The van der Waals surface area contributed by atoms with Crippen molar-refractivity contribution in [2.45, 2.75) is 57.2 Å². The fourth-order valence-corrected chi connectivity index (χ4v) is 3.17. The van der Waals surface area contributed by atoms with Gasteiger partial charge in [0.1, 0.15) is 12.1 Å². The number of carbonyl (C=O) groups excluding carboxylic acids is 2. The van der Waals surface area contributed by atoms with E-state index in [1.807, 2.05) is 11.8 Å². The van der Waals surface area contributed by atoms with Gasteiger partial charge >= 0.3 is 0 Å². The molecule has 2 saturated heterocycles. The van der Waals surface area contributed by atoms with E-state index in [0.717, 1.165) is 32.2 Å². The molecule has 1 aliphatic carbocycles. The van der Waals surface area contributed by atoms with E-state index in [4.69, 9.17) is 0 Å². The third-order valence-electron chi connectivity index (χ3n) is 4.32. The highest BCUT2D eigenvalue weighted by Crippen LogP contribution is 2.33. The van der Waals surface area contributed by atoms with E-state index in [-0.39, 0.29) is 23.9 Å². The van der Waals surface area contributed by atoms with Crippen molar-refractivity contribution >= 4 is 11.8 Å². The minimum Gasteiger partial charge on any atom is -0.329 e. The highest BCUT2D eigenvalue weighted by Gasteiger charge is 2.48. The molecule has 2 amide bonds. The number of hydrogen-bond acceptors (Lipinski definition) is 2. The molecule has 2 unspecified atom stereocenters. The highest BCUT2D eigenvalue weighted by molar-refractivity contribution is 5.97. The summed E-state index contributed by atoms with van der Waals surface area (Å²) in [6.07, 6.45) is 5.20. The van der Waals surface area contributed by atoms with Crippen molar-refractivity contribution in [3.05, 3.63) is 0 Å². The number of rotatable bonds is 1. The van der Waals surface area contributed by atoms with E-state index in [0.29, 0.717) is 6.04 Å². The zero-order chi connectivity index (χ0) is 11.3. The predicted molar refractivity (Wildman–Crippen MR) is 58.7 cm³/mol. The molecular formula is C12H18N2O2. The molecule has 2 heterocycles. The molecule has 0 spiro atoms. The third-order valence-corrected chi connectivity index (χ3v) is 4.32. The molecule has 3 aliphatic rings. The van der Waals surface area contributed by atoms with Crippen LogP contribution in [0.1, 0.15) is 39.0 Å². The molecule has 0 N–H and O–H groups in total. The van der Waals surface area contributed by atoms with E-state index in [2.05, 4.69) is 0 Å². The Kier molecular flexibility index (Phi) is 2.19. The summed E-state index contributed by atoms with van der Waals surface area (Å²) in [5.41, 5.74) is 0. The van der Waals surface area contributed by atoms with E-state index in [1.54, 1.807) is 4.90 Å². The van der Waals surface area contributed by atoms with Gasteiger partial charge in [0.25, 0.3) is 0 Å². The topological polar surface area (TPSA) is 40.6 Å². The van der Waals surface area contributed by atoms with E-state index in [9.17, 15) is 9.59 Å². The lowest BCUT2D eigenvalue weighted by atomic mass is 9.88. The second kappa shape index (κ2) is 3.47. The lowest BCUT2D eigenvalue weighted by Crippen LogP contribution is -2.65. The van der Waals surface area contributed by atoms with Crippen LogP contribution in [0.4, 0.5) is 0 Å². The molecular weight excluding hydrogens is 204 g/mol. The molecule has 4 heteroatoms. The Balaban J connectivity index is 1.88. The highest BCUT2D eigenvalue weighted by atomic mass is 16.2. The Labute approximate surface area is 95.6 Å². The molecule has 0 aromatic carbocycles. The fourth-order valence-electron chi connectivity index (χ4n) is 3.17. The second-order valence-corrected chi connectivity index (χ2v) is 5.20. The zero-order valence-electron chi connectivity index (χ0n) is 9.69. The van der Waals surface area contributed by atoms with Crippen molar-refractivity contribution in [1.82, 2.24) is 9.80 Å². The molecule has 3 fully saturated rings. The predicted octanol–water partition coefficient (Wildman–Crippen LogP) is 0.761. The number of piperazine rings is 1. The Morgan fingerprint density at radius 3 is 2.44 bits per heavy atom. The summed E-state index contributed by atoms with van der Waals surface area (Å²) in [6, 6.07) is -0.0225. The van der Waals surface area contributed by atoms with Crippen LogP contribution in [-0.2, 0) is 9.59 Å². The zero-order valence-corrected chi connectivity index (χ0v) is 9.69. The minimum absolute atomic E-state index is 0.135. The lowest BCUT2D eigenvalue weighted by molar-refractivity contribution is -0.163. The van der Waals surface area contributed by atoms with Crippen LogP contribution in [0.3, 0.4) is 0 Å². The van der Waals surface area contributed by atoms with Crippen molar-refractivity contribution in [2.75, 3.05) is 6.54 Å². The van der Waals surface area contributed by atoms with Gasteiger partial charge < -0.3 is 9.80 Å². The lowest BCUT2D eigenvalue weighted by Gasteiger charge is -2.47. The van der Waals surface area contributed by atoms with Gasteiger partial charge in [0.2, 0.25) is 11.8 Å². The maximum Gasteiger partial charge on any atom is 0.246 e. The summed E-state index contributed by atoms with van der Waals surface area (Å²) >= 11 is 0. The average molecular weight is 222 g/mol. The van der Waals surface area contributed by atoms with Crippen LogP contribution in [0, 0.1) is 0 Å². The smallest absolute Gasteiger partial charge is 0.246 e. The molecule has 2 aliphatic heterocycles. The monoisotopic (exact) mass is 222 g/mol. The van der Waals surface area contributed by atoms with Crippen molar-refractivity contribution in [2.24, 2.45) is 0 Å². The first kappa shape index (κ1) is 10.1. The molecule has 0 radical (unpaired) electrons. The summed E-state index contributed by atoms with van der Waals surface area (Å²) in [5.74, 6) is 0.364. The molecule has 16 heavy (non-hydrogen) atoms. The van der Waals surface area contributed by atoms with Crippen molar-refractivity contribution < 1.29 is 9.59 Å².